The minimum absolute atomic E-state index is 0.174. The van der Waals surface area contributed by atoms with Crippen LogP contribution in [0, 0.1) is 11.8 Å². The SMILES string of the molecule is O=C(CN1CC2CNCC2C1)NNC(=O)c1ccccc1. The maximum Gasteiger partial charge on any atom is 0.269 e. The fraction of sp³-hybridized carbons (Fsp3) is 0.467. The minimum Gasteiger partial charge on any atom is -0.316 e. The van der Waals surface area contributed by atoms with E-state index in [1.165, 1.54) is 0 Å². The van der Waals surface area contributed by atoms with Crippen molar-refractivity contribution in [3.8, 4) is 0 Å². The summed E-state index contributed by atoms with van der Waals surface area (Å²) in [5.74, 6) is 0.854. The fourth-order valence-corrected chi connectivity index (χ4v) is 3.11. The van der Waals surface area contributed by atoms with Crippen molar-refractivity contribution < 1.29 is 9.59 Å². The number of benzene rings is 1. The van der Waals surface area contributed by atoms with Gasteiger partial charge in [0.2, 0.25) is 0 Å². The summed E-state index contributed by atoms with van der Waals surface area (Å²) in [4.78, 5) is 25.8. The van der Waals surface area contributed by atoms with Crippen molar-refractivity contribution in [3.05, 3.63) is 35.9 Å². The molecule has 2 fully saturated rings. The van der Waals surface area contributed by atoms with E-state index in [0.29, 0.717) is 23.9 Å². The van der Waals surface area contributed by atoms with Crippen LogP contribution >= 0.6 is 0 Å². The summed E-state index contributed by atoms with van der Waals surface area (Å²) in [7, 11) is 0. The summed E-state index contributed by atoms with van der Waals surface area (Å²) in [5, 5.41) is 3.37. The summed E-state index contributed by atoms with van der Waals surface area (Å²) >= 11 is 0. The van der Waals surface area contributed by atoms with Gasteiger partial charge in [0.1, 0.15) is 0 Å². The van der Waals surface area contributed by atoms with Crippen LogP contribution in [0.3, 0.4) is 0 Å². The molecule has 6 nitrogen and oxygen atoms in total. The Morgan fingerprint density at radius 3 is 2.43 bits per heavy atom. The van der Waals surface area contributed by atoms with Crippen LogP contribution in [-0.2, 0) is 4.79 Å². The Kier molecular flexibility index (Phi) is 4.17. The van der Waals surface area contributed by atoms with Gasteiger partial charge < -0.3 is 5.32 Å². The van der Waals surface area contributed by atoms with E-state index in [1.54, 1.807) is 24.3 Å². The molecule has 2 aliphatic rings. The number of fused-ring (bicyclic) bond motifs is 1. The van der Waals surface area contributed by atoms with E-state index in [1.807, 2.05) is 6.07 Å². The van der Waals surface area contributed by atoms with E-state index in [2.05, 4.69) is 21.1 Å². The van der Waals surface area contributed by atoms with Crippen molar-refractivity contribution >= 4 is 11.8 Å². The molecule has 0 aromatic heterocycles. The normalized spacial score (nSPS) is 24.6. The third-order valence-corrected chi connectivity index (χ3v) is 4.18. The highest BCUT2D eigenvalue weighted by Crippen LogP contribution is 2.25. The predicted octanol–water partition coefficient (Wildman–Crippen LogP) is -0.401. The second-order valence-electron chi connectivity index (χ2n) is 5.74. The van der Waals surface area contributed by atoms with E-state index >= 15 is 0 Å². The lowest BCUT2D eigenvalue weighted by Gasteiger charge is -2.16. The third kappa shape index (κ3) is 3.40. The Labute approximate surface area is 123 Å². The Balaban J connectivity index is 1.42. The van der Waals surface area contributed by atoms with E-state index in [0.717, 1.165) is 26.2 Å². The van der Waals surface area contributed by atoms with Gasteiger partial charge in [0.15, 0.2) is 0 Å². The van der Waals surface area contributed by atoms with Gasteiger partial charge in [-0.25, -0.2) is 0 Å². The Bertz CT molecular complexity index is 508. The molecule has 6 heteroatoms. The zero-order chi connectivity index (χ0) is 14.7. The molecule has 2 amide bonds. The smallest absolute Gasteiger partial charge is 0.269 e. The van der Waals surface area contributed by atoms with Crippen LogP contribution in [0.5, 0.6) is 0 Å². The van der Waals surface area contributed by atoms with Crippen LogP contribution in [0.15, 0.2) is 30.3 Å². The molecule has 1 aromatic carbocycles. The highest BCUT2D eigenvalue weighted by molar-refractivity contribution is 5.95. The van der Waals surface area contributed by atoms with E-state index in [-0.39, 0.29) is 11.8 Å². The predicted molar refractivity (Wildman–Crippen MR) is 78.3 cm³/mol. The Morgan fingerprint density at radius 1 is 1.10 bits per heavy atom. The average Bonchev–Trinajstić information content (AvgIpc) is 3.07. The van der Waals surface area contributed by atoms with Crippen molar-refractivity contribution in [2.24, 2.45) is 11.8 Å². The van der Waals surface area contributed by atoms with Gasteiger partial charge in [0.25, 0.3) is 11.8 Å². The van der Waals surface area contributed by atoms with Crippen molar-refractivity contribution in [3.63, 3.8) is 0 Å². The van der Waals surface area contributed by atoms with Crippen LogP contribution in [0.4, 0.5) is 0 Å². The molecule has 2 atom stereocenters. The number of amides is 2. The molecule has 0 saturated carbocycles. The molecule has 2 heterocycles. The molecule has 0 spiro atoms. The number of carbonyl (C=O) groups excluding carboxylic acids is 2. The maximum atomic E-state index is 11.9. The van der Waals surface area contributed by atoms with Crippen molar-refractivity contribution in [2.45, 2.75) is 0 Å². The summed E-state index contributed by atoms with van der Waals surface area (Å²) in [6.45, 7) is 4.35. The lowest BCUT2D eigenvalue weighted by Crippen LogP contribution is -2.46. The lowest BCUT2D eigenvalue weighted by atomic mass is 10.0. The third-order valence-electron chi connectivity index (χ3n) is 4.18. The van der Waals surface area contributed by atoms with Gasteiger partial charge in [-0.3, -0.25) is 25.3 Å². The first kappa shape index (κ1) is 14.0. The van der Waals surface area contributed by atoms with Crippen LogP contribution in [0.25, 0.3) is 0 Å². The van der Waals surface area contributed by atoms with Gasteiger partial charge in [0, 0.05) is 18.7 Å². The molecule has 3 N–H and O–H groups in total. The lowest BCUT2D eigenvalue weighted by molar-refractivity contribution is -0.122. The van der Waals surface area contributed by atoms with E-state index < -0.39 is 0 Å². The highest BCUT2D eigenvalue weighted by Gasteiger charge is 2.36. The minimum atomic E-state index is -0.300. The topological polar surface area (TPSA) is 73.5 Å². The second-order valence-corrected chi connectivity index (χ2v) is 5.74. The quantitative estimate of drug-likeness (QED) is 0.662. The highest BCUT2D eigenvalue weighted by atomic mass is 16.2. The van der Waals surface area contributed by atoms with Crippen molar-refractivity contribution in [2.75, 3.05) is 32.7 Å². The Hall–Kier alpha value is -1.92. The molecular weight excluding hydrogens is 268 g/mol. The van der Waals surface area contributed by atoms with Crippen molar-refractivity contribution in [1.82, 2.24) is 21.1 Å². The molecule has 0 aliphatic carbocycles. The van der Waals surface area contributed by atoms with Gasteiger partial charge in [-0.15, -0.1) is 0 Å². The molecule has 0 bridgehead atoms. The summed E-state index contributed by atoms with van der Waals surface area (Å²) in [6.07, 6.45) is 0. The van der Waals surface area contributed by atoms with Gasteiger partial charge in [0.05, 0.1) is 6.54 Å². The summed E-state index contributed by atoms with van der Waals surface area (Å²) < 4.78 is 0. The van der Waals surface area contributed by atoms with Gasteiger partial charge in [-0.2, -0.15) is 0 Å². The summed E-state index contributed by atoms with van der Waals surface area (Å²) in [6, 6.07) is 8.82. The molecule has 1 aromatic rings. The molecule has 2 saturated heterocycles. The van der Waals surface area contributed by atoms with E-state index in [4.69, 9.17) is 0 Å². The number of hydrogen-bond acceptors (Lipinski definition) is 4. The molecule has 21 heavy (non-hydrogen) atoms. The second kappa shape index (κ2) is 6.24. The first-order chi connectivity index (χ1) is 10.2. The van der Waals surface area contributed by atoms with Crippen LogP contribution in [0.2, 0.25) is 0 Å². The number of carbonyl (C=O) groups is 2. The molecule has 112 valence electrons. The number of hydrogen-bond donors (Lipinski definition) is 3. The van der Waals surface area contributed by atoms with E-state index in [9.17, 15) is 9.59 Å². The number of rotatable bonds is 3. The van der Waals surface area contributed by atoms with Gasteiger partial charge in [-0.1, -0.05) is 18.2 Å². The number of likely N-dealkylation sites (tertiary alicyclic amines) is 1. The first-order valence-electron chi connectivity index (χ1n) is 7.29. The van der Waals surface area contributed by atoms with Gasteiger partial charge in [-0.05, 0) is 37.1 Å². The molecule has 2 unspecified atom stereocenters. The zero-order valence-corrected chi connectivity index (χ0v) is 11.8. The van der Waals surface area contributed by atoms with Crippen LogP contribution in [0.1, 0.15) is 10.4 Å². The summed E-state index contributed by atoms with van der Waals surface area (Å²) in [5.41, 5.74) is 5.45. The molecule has 0 radical (unpaired) electrons. The molecular formula is C15H20N4O2. The standard InChI is InChI=1S/C15H20N4O2/c20-14(10-19-8-12-6-16-7-13(12)9-19)17-18-15(21)11-4-2-1-3-5-11/h1-5,12-13,16H,6-10H2,(H,17,20)(H,18,21). The molecule has 3 rings (SSSR count). The number of nitrogens with one attached hydrogen (secondary N) is 3. The van der Waals surface area contributed by atoms with Gasteiger partial charge >= 0.3 is 0 Å². The Morgan fingerprint density at radius 2 is 1.76 bits per heavy atom. The number of nitrogens with zero attached hydrogens (tertiary/aromatic N) is 1. The van der Waals surface area contributed by atoms with Crippen LogP contribution < -0.4 is 16.2 Å². The largest absolute Gasteiger partial charge is 0.316 e. The number of hydrazine groups is 1. The van der Waals surface area contributed by atoms with Crippen molar-refractivity contribution in [1.29, 1.82) is 0 Å². The van der Waals surface area contributed by atoms with Crippen LogP contribution in [-0.4, -0.2) is 49.4 Å². The maximum absolute atomic E-state index is 11.9. The zero-order valence-electron chi connectivity index (χ0n) is 11.8. The fourth-order valence-electron chi connectivity index (χ4n) is 3.11. The first-order valence-corrected chi connectivity index (χ1v) is 7.29. The monoisotopic (exact) mass is 288 g/mol. The average molecular weight is 288 g/mol. The molecule has 2 aliphatic heterocycles.